The Bertz CT molecular complexity index is 740. The summed E-state index contributed by atoms with van der Waals surface area (Å²) in [6.07, 6.45) is 1.79. The van der Waals surface area contributed by atoms with E-state index in [9.17, 15) is 4.79 Å². The highest BCUT2D eigenvalue weighted by Gasteiger charge is 2.51. The monoisotopic (exact) mass is 342 g/mol. The largest absolute Gasteiger partial charge is 0.381 e. The van der Waals surface area contributed by atoms with Crippen LogP contribution < -0.4 is 5.32 Å². The zero-order valence-corrected chi connectivity index (χ0v) is 14.3. The van der Waals surface area contributed by atoms with E-state index in [1.807, 2.05) is 35.2 Å². The molecule has 1 aromatic carbocycles. The predicted octanol–water partition coefficient (Wildman–Crippen LogP) is 2.27. The van der Waals surface area contributed by atoms with Gasteiger partial charge in [-0.05, 0) is 12.8 Å². The maximum absolute atomic E-state index is 12.2. The number of aromatic nitrogens is 2. The lowest BCUT2D eigenvalue weighted by molar-refractivity contribution is 0.00945. The van der Waals surface area contributed by atoms with Gasteiger partial charge in [-0.15, -0.1) is 0 Å². The van der Waals surface area contributed by atoms with Crippen LogP contribution in [0.5, 0.6) is 0 Å². The zero-order valence-electron chi connectivity index (χ0n) is 14.3. The number of urea groups is 1. The topological polar surface area (TPSA) is 80.5 Å². The van der Waals surface area contributed by atoms with Gasteiger partial charge in [0.15, 0.2) is 0 Å². The van der Waals surface area contributed by atoms with Crippen molar-refractivity contribution in [2.24, 2.45) is 5.41 Å². The normalized spacial score (nSPS) is 22.3. The van der Waals surface area contributed by atoms with Gasteiger partial charge in [-0.25, -0.2) is 4.79 Å². The molecule has 2 aliphatic heterocycles. The van der Waals surface area contributed by atoms with E-state index in [1.165, 1.54) is 0 Å². The highest BCUT2D eigenvalue weighted by molar-refractivity contribution is 5.74. The van der Waals surface area contributed by atoms with Crippen LogP contribution in [0.1, 0.15) is 24.7 Å². The van der Waals surface area contributed by atoms with Crippen molar-refractivity contribution in [3.63, 3.8) is 0 Å². The van der Waals surface area contributed by atoms with E-state index in [4.69, 9.17) is 9.26 Å². The highest BCUT2D eigenvalue weighted by atomic mass is 16.5. The van der Waals surface area contributed by atoms with Crippen molar-refractivity contribution in [2.75, 3.05) is 33.4 Å². The quantitative estimate of drug-likeness (QED) is 0.905. The number of ether oxygens (including phenoxy) is 1. The Kier molecular flexibility index (Phi) is 4.17. The molecule has 2 aromatic rings. The predicted molar refractivity (Wildman–Crippen MR) is 91.0 cm³/mol. The van der Waals surface area contributed by atoms with Gasteiger partial charge in [-0.1, -0.05) is 35.5 Å². The summed E-state index contributed by atoms with van der Waals surface area (Å²) in [6.45, 7) is 2.70. The van der Waals surface area contributed by atoms with E-state index in [0.29, 0.717) is 38.0 Å². The molecule has 7 nitrogen and oxygen atoms in total. The Balaban J connectivity index is 1.65. The Morgan fingerprint density at radius 1 is 1.28 bits per heavy atom. The Labute approximate surface area is 146 Å². The van der Waals surface area contributed by atoms with Gasteiger partial charge < -0.3 is 19.5 Å². The van der Waals surface area contributed by atoms with E-state index in [-0.39, 0.29) is 17.4 Å². The first-order chi connectivity index (χ1) is 12.2. The van der Waals surface area contributed by atoms with E-state index in [0.717, 1.165) is 18.4 Å². The van der Waals surface area contributed by atoms with E-state index < -0.39 is 0 Å². The first kappa shape index (κ1) is 16.1. The molecule has 2 aliphatic rings. The summed E-state index contributed by atoms with van der Waals surface area (Å²) >= 11 is 0. The smallest absolute Gasteiger partial charge is 0.317 e. The molecule has 2 amide bonds. The van der Waals surface area contributed by atoms with E-state index in [2.05, 4.69) is 15.5 Å². The van der Waals surface area contributed by atoms with Crippen molar-refractivity contribution in [3.05, 3.63) is 36.2 Å². The van der Waals surface area contributed by atoms with Crippen molar-refractivity contribution >= 4 is 6.03 Å². The van der Waals surface area contributed by atoms with Gasteiger partial charge in [0.05, 0.1) is 5.92 Å². The van der Waals surface area contributed by atoms with Gasteiger partial charge in [-0.2, -0.15) is 4.98 Å². The molecule has 4 rings (SSSR count). The van der Waals surface area contributed by atoms with Gasteiger partial charge >= 0.3 is 6.03 Å². The first-order valence-electron chi connectivity index (χ1n) is 8.65. The molecule has 0 aliphatic carbocycles. The van der Waals surface area contributed by atoms with Crippen LogP contribution in [0.25, 0.3) is 11.4 Å². The van der Waals surface area contributed by atoms with Crippen LogP contribution in [0.2, 0.25) is 0 Å². The van der Waals surface area contributed by atoms with Crippen LogP contribution in [-0.2, 0) is 4.74 Å². The summed E-state index contributed by atoms with van der Waals surface area (Å²) in [7, 11) is 1.66. The first-order valence-corrected chi connectivity index (χ1v) is 8.65. The van der Waals surface area contributed by atoms with Crippen LogP contribution >= 0.6 is 0 Å². The average molecular weight is 342 g/mol. The summed E-state index contributed by atoms with van der Waals surface area (Å²) in [5, 5.41) is 6.88. The van der Waals surface area contributed by atoms with Crippen molar-refractivity contribution < 1.29 is 14.1 Å². The molecule has 1 atom stereocenters. The van der Waals surface area contributed by atoms with Crippen molar-refractivity contribution in [1.29, 1.82) is 0 Å². The summed E-state index contributed by atoms with van der Waals surface area (Å²) in [5.41, 5.74) is 0.880. The zero-order chi connectivity index (χ0) is 17.3. The molecular formula is C18H22N4O3. The van der Waals surface area contributed by atoms with Crippen LogP contribution in [0.3, 0.4) is 0 Å². The second-order valence-electron chi connectivity index (χ2n) is 6.79. The number of benzene rings is 1. The molecule has 1 aromatic heterocycles. The van der Waals surface area contributed by atoms with Gasteiger partial charge in [0, 0.05) is 44.3 Å². The third-order valence-electron chi connectivity index (χ3n) is 5.41. The van der Waals surface area contributed by atoms with E-state index in [1.54, 1.807) is 7.05 Å². The maximum Gasteiger partial charge on any atom is 0.317 e. The van der Waals surface area contributed by atoms with Gasteiger partial charge in [0.2, 0.25) is 11.7 Å². The van der Waals surface area contributed by atoms with Crippen LogP contribution in [0, 0.1) is 5.41 Å². The van der Waals surface area contributed by atoms with Crippen molar-refractivity contribution in [1.82, 2.24) is 20.4 Å². The number of hydrogen-bond acceptors (Lipinski definition) is 5. The standard InChI is InChI=1S/C18H22N4O3/c1-19-17(23)22-11-14(18(12-22)7-9-24-10-8-18)16-20-15(21-25-16)13-5-3-2-4-6-13/h2-6,14H,7-12H2,1H3,(H,19,23)/t14-/m1/s1. The number of carbonyl (C=O) groups excluding carboxylic acids is 1. The minimum atomic E-state index is -0.0591. The lowest BCUT2D eigenvalue weighted by Crippen LogP contribution is -2.40. The molecule has 2 fully saturated rings. The van der Waals surface area contributed by atoms with Crippen molar-refractivity contribution in [2.45, 2.75) is 18.8 Å². The second-order valence-corrected chi connectivity index (χ2v) is 6.79. The van der Waals surface area contributed by atoms with Gasteiger partial charge in [0.1, 0.15) is 0 Å². The van der Waals surface area contributed by atoms with E-state index >= 15 is 0 Å². The second kappa shape index (κ2) is 6.48. The molecule has 7 heteroatoms. The Morgan fingerprint density at radius 3 is 2.76 bits per heavy atom. The van der Waals surface area contributed by atoms with Crippen LogP contribution in [-0.4, -0.2) is 54.4 Å². The molecule has 0 unspecified atom stereocenters. The molecule has 2 saturated heterocycles. The van der Waals surface area contributed by atoms with Crippen LogP contribution in [0.4, 0.5) is 4.79 Å². The summed E-state index contributed by atoms with van der Waals surface area (Å²) < 4.78 is 11.2. The SMILES string of the molecule is CNC(=O)N1C[C@H](c2nc(-c3ccccc3)no2)C2(CCOCC2)C1. The summed E-state index contributed by atoms with van der Waals surface area (Å²) in [5.74, 6) is 1.25. The molecule has 0 bridgehead atoms. The minimum Gasteiger partial charge on any atom is -0.381 e. The Hall–Kier alpha value is -2.41. The lowest BCUT2D eigenvalue weighted by atomic mass is 9.72. The molecule has 25 heavy (non-hydrogen) atoms. The number of likely N-dealkylation sites (tertiary alicyclic amines) is 1. The third-order valence-corrected chi connectivity index (χ3v) is 5.41. The third kappa shape index (κ3) is 2.89. The van der Waals surface area contributed by atoms with Gasteiger partial charge in [0.25, 0.3) is 0 Å². The number of nitrogens with one attached hydrogen (secondary N) is 1. The fraction of sp³-hybridized carbons (Fsp3) is 0.500. The van der Waals surface area contributed by atoms with Crippen molar-refractivity contribution in [3.8, 4) is 11.4 Å². The molecule has 1 N–H and O–H groups in total. The number of carbonyl (C=O) groups is 1. The number of amides is 2. The lowest BCUT2D eigenvalue weighted by Gasteiger charge is -2.36. The molecule has 1 spiro atoms. The molecular weight excluding hydrogens is 320 g/mol. The fourth-order valence-corrected chi connectivity index (χ4v) is 3.99. The number of nitrogens with zero attached hydrogens (tertiary/aromatic N) is 3. The molecule has 0 radical (unpaired) electrons. The highest BCUT2D eigenvalue weighted by Crippen LogP contribution is 2.49. The number of rotatable bonds is 2. The summed E-state index contributed by atoms with van der Waals surface area (Å²) in [6, 6.07) is 9.73. The Morgan fingerprint density at radius 2 is 2.04 bits per heavy atom. The average Bonchev–Trinajstić information content (AvgIpc) is 3.28. The number of hydrogen-bond donors (Lipinski definition) is 1. The molecule has 3 heterocycles. The molecule has 132 valence electrons. The van der Waals surface area contributed by atoms with Gasteiger partial charge in [-0.3, -0.25) is 0 Å². The minimum absolute atomic E-state index is 0.0404. The summed E-state index contributed by atoms with van der Waals surface area (Å²) in [4.78, 5) is 18.7. The maximum atomic E-state index is 12.2. The fourth-order valence-electron chi connectivity index (χ4n) is 3.99. The van der Waals surface area contributed by atoms with Crippen LogP contribution in [0.15, 0.2) is 34.9 Å². The molecule has 0 saturated carbocycles.